The van der Waals surface area contributed by atoms with Crippen molar-refractivity contribution >= 4 is 31.6 Å². The molecule has 1 fully saturated rings. The molecule has 4 rings (SSSR count). The third-order valence-electron chi connectivity index (χ3n) is 4.20. The SMILES string of the molecule is Cc1cc(S(=O)(=O)Nc2cccc(-c3nnnn3C3CC3)c2)ccc1Br. The Morgan fingerprint density at radius 2 is 2.00 bits per heavy atom. The lowest BCUT2D eigenvalue weighted by Gasteiger charge is -2.10. The number of aromatic nitrogens is 4. The van der Waals surface area contributed by atoms with Crippen molar-refractivity contribution in [2.24, 2.45) is 0 Å². The average Bonchev–Trinajstić information content (AvgIpc) is 3.33. The van der Waals surface area contributed by atoms with Crippen molar-refractivity contribution in [3.63, 3.8) is 0 Å². The van der Waals surface area contributed by atoms with Gasteiger partial charge in [0.2, 0.25) is 0 Å². The van der Waals surface area contributed by atoms with E-state index in [4.69, 9.17) is 0 Å². The largest absolute Gasteiger partial charge is 0.280 e. The van der Waals surface area contributed by atoms with Crippen LogP contribution in [0.15, 0.2) is 51.8 Å². The number of halogens is 1. The number of nitrogens with zero attached hydrogens (tertiary/aromatic N) is 4. The molecule has 1 aliphatic rings. The molecule has 1 saturated carbocycles. The number of hydrogen-bond donors (Lipinski definition) is 1. The molecule has 1 aromatic heterocycles. The molecule has 26 heavy (non-hydrogen) atoms. The van der Waals surface area contributed by atoms with Gasteiger partial charge in [0.25, 0.3) is 10.0 Å². The van der Waals surface area contributed by atoms with Crippen LogP contribution in [0, 0.1) is 6.92 Å². The Morgan fingerprint density at radius 1 is 1.19 bits per heavy atom. The molecule has 1 aliphatic carbocycles. The third kappa shape index (κ3) is 3.36. The molecule has 0 bridgehead atoms. The van der Waals surface area contributed by atoms with E-state index in [1.807, 2.05) is 13.0 Å². The number of sulfonamides is 1. The van der Waals surface area contributed by atoms with Crippen LogP contribution in [0.3, 0.4) is 0 Å². The fourth-order valence-corrected chi connectivity index (χ4v) is 4.05. The zero-order valence-electron chi connectivity index (χ0n) is 13.9. The van der Waals surface area contributed by atoms with Crippen LogP contribution in [0.1, 0.15) is 24.4 Å². The van der Waals surface area contributed by atoms with E-state index in [0.29, 0.717) is 17.6 Å². The van der Waals surface area contributed by atoms with Gasteiger partial charge >= 0.3 is 0 Å². The highest BCUT2D eigenvalue weighted by Gasteiger charge is 2.28. The Balaban J connectivity index is 1.64. The number of nitrogens with one attached hydrogen (secondary N) is 1. The first kappa shape index (κ1) is 17.2. The van der Waals surface area contributed by atoms with Crippen LogP contribution in [-0.4, -0.2) is 28.6 Å². The van der Waals surface area contributed by atoms with Crippen LogP contribution in [0.25, 0.3) is 11.4 Å². The topological polar surface area (TPSA) is 89.8 Å². The summed E-state index contributed by atoms with van der Waals surface area (Å²) in [4.78, 5) is 0.214. The second-order valence-electron chi connectivity index (χ2n) is 6.28. The van der Waals surface area contributed by atoms with Crippen LogP contribution in [0.5, 0.6) is 0 Å². The maximum atomic E-state index is 12.7. The molecular formula is C17H16BrN5O2S. The van der Waals surface area contributed by atoms with Crippen LogP contribution in [-0.2, 0) is 10.0 Å². The first-order chi connectivity index (χ1) is 12.4. The maximum absolute atomic E-state index is 12.7. The number of hydrogen-bond acceptors (Lipinski definition) is 5. The minimum Gasteiger partial charge on any atom is -0.280 e. The zero-order valence-corrected chi connectivity index (χ0v) is 16.3. The molecule has 0 radical (unpaired) electrons. The number of rotatable bonds is 5. The highest BCUT2D eigenvalue weighted by atomic mass is 79.9. The van der Waals surface area contributed by atoms with Gasteiger partial charge in [-0.3, -0.25) is 4.72 Å². The number of anilines is 1. The van der Waals surface area contributed by atoms with Gasteiger partial charge in [-0.25, -0.2) is 13.1 Å². The number of benzene rings is 2. The average molecular weight is 434 g/mol. The van der Waals surface area contributed by atoms with E-state index in [2.05, 4.69) is 36.2 Å². The van der Waals surface area contributed by atoms with Gasteiger partial charge in [0.1, 0.15) is 0 Å². The monoisotopic (exact) mass is 433 g/mol. The van der Waals surface area contributed by atoms with Crippen LogP contribution >= 0.6 is 15.9 Å². The molecule has 0 saturated heterocycles. The number of tetrazole rings is 1. The molecule has 0 amide bonds. The van der Waals surface area contributed by atoms with E-state index in [1.165, 1.54) is 0 Å². The molecule has 134 valence electrons. The third-order valence-corrected chi connectivity index (χ3v) is 6.47. The molecule has 2 aromatic carbocycles. The van der Waals surface area contributed by atoms with Crippen molar-refractivity contribution in [1.29, 1.82) is 0 Å². The summed E-state index contributed by atoms with van der Waals surface area (Å²) in [6, 6.07) is 12.4. The molecule has 9 heteroatoms. The second kappa shape index (κ2) is 6.48. The smallest absolute Gasteiger partial charge is 0.261 e. The van der Waals surface area contributed by atoms with Crippen molar-refractivity contribution in [3.8, 4) is 11.4 Å². The lowest BCUT2D eigenvalue weighted by molar-refractivity contribution is 0.601. The van der Waals surface area contributed by atoms with Gasteiger partial charge in [0, 0.05) is 15.7 Å². The molecule has 3 aromatic rings. The molecule has 1 N–H and O–H groups in total. The van der Waals surface area contributed by atoms with Gasteiger partial charge in [0.05, 0.1) is 10.9 Å². The first-order valence-electron chi connectivity index (χ1n) is 8.11. The van der Waals surface area contributed by atoms with Gasteiger partial charge < -0.3 is 0 Å². The van der Waals surface area contributed by atoms with Crippen LogP contribution < -0.4 is 4.72 Å². The lowest BCUT2D eigenvalue weighted by atomic mass is 10.2. The molecule has 0 atom stereocenters. The predicted molar refractivity (Wildman–Crippen MR) is 101 cm³/mol. The molecule has 0 unspecified atom stereocenters. The Kier molecular flexibility index (Phi) is 4.28. The zero-order chi connectivity index (χ0) is 18.3. The molecule has 0 aliphatic heterocycles. The van der Waals surface area contributed by atoms with E-state index in [0.717, 1.165) is 28.4 Å². The van der Waals surface area contributed by atoms with Gasteiger partial charge in [0.15, 0.2) is 5.82 Å². The van der Waals surface area contributed by atoms with Crippen LogP contribution in [0.4, 0.5) is 5.69 Å². The van der Waals surface area contributed by atoms with Crippen molar-refractivity contribution in [2.75, 3.05) is 4.72 Å². The second-order valence-corrected chi connectivity index (χ2v) is 8.81. The normalized spacial score (nSPS) is 14.4. The van der Waals surface area contributed by atoms with Gasteiger partial charge in [-0.05, 0) is 66.1 Å². The van der Waals surface area contributed by atoms with Crippen LogP contribution in [0.2, 0.25) is 0 Å². The highest BCUT2D eigenvalue weighted by Crippen LogP contribution is 2.37. The quantitative estimate of drug-likeness (QED) is 0.664. The number of aryl methyl sites for hydroxylation is 1. The minimum atomic E-state index is -3.68. The van der Waals surface area contributed by atoms with E-state index >= 15 is 0 Å². The van der Waals surface area contributed by atoms with Crippen molar-refractivity contribution in [1.82, 2.24) is 20.2 Å². The minimum absolute atomic E-state index is 0.214. The Bertz CT molecular complexity index is 1080. The van der Waals surface area contributed by atoms with Crippen molar-refractivity contribution in [2.45, 2.75) is 30.7 Å². The Labute approximate surface area is 159 Å². The maximum Gasteiger partial charge on any atom is 0.261 e. The van der Waals surface area contributed by atoms with Gasteiger partial charge in [-0.15, -0.1) is 5.10 Å². The summed E-state index contributed by atoms with van der Waals surface area (Å²) in [7, 11) is -3.68. The van der Waals surface area contributed by atoms with E-state index < -0.39 is 10.0 Å². The summed E-state index contributed by atoms with van der Waals surface area (Å²) in [6.45, 7) is 1.85. The van der Waals surface area contributed by atoms with Crippen molar-refractivity contribution in [3.05, 3.63) is 52.5 Å². The van der Waals surface area contributed by atoms with E-state index in [1.54, 1.807) is 41.1 Å². The van der Waals surface area contributed by atoms with Gasteiger partial charge in [-0.2, -0.15) is 0 Å². The fourth-order valence-electron chi connectivity index (χ4n) is 2.67. The summed E-state index contributed by atoms with van der Waals surface area (Å²) in [5, 5.41) is 11.9. The molecular weight excluding hydrogens is 418 g/mol. The van der Waals surface area contributed by atoms with Crippen molar-refractivity contribution < 1.29 is 8.42 Å². The summed E-state index contributed by atoms with van der Waals surface area (Å²) in [5.74, 6) is 0.646. The van der Waals surface area contributed by atoms with E-state index in [9.17, 15) is 8.42 Å². The molecule has 7 nitrogen and oxygen atoms in total. The first-order valence-corrected chi connectivity index (χ1v) is 10.4. The fraction of sp³-hybridized carbons (Fsp3) is 0.235. The highest BCUT2D eigenvalue weighted by molar-refractivity contribution is 9.10. The summed E-state index contributed by atoms with van der Waals surface area (Å²) in [5.41, 5.74) is 2.09. The summed E-state index contributed by atoms with van der Waals surface area (Å²) in [6.07, 6.45) is 2.13. The predicted octanol–water partition coefficient (Wildman–Crippen LogP) is 3.55. The molecule has 1 heterocycles. The standard InChI is InChI=1S/C17H16BrN5O2S/c1-11-9-15(7-8-16(11)18)26(24,25)20-13-4-2-3-12(10-13)17-19-21-22-23(17)14-5-6-14/h2-4,7-10,14,20H,5-6H2,1H3. The Morgan fingerprint density at radius 3 is 2.73 bits per heavy atom. The van der Waals surface area contributed by atoms with Gasteiger partial charge in [-0.1, -0.05) is 28.1 Å². The summed E-state index contributed by atoms with van der Waals surface area (Å²) >= 11 is 3.38. The lowest BCUT2D eigenvalue weighted by Crippen LogP contribution is -2.13. The van der Waals surface area contributed by atoms with E-state index in [-0.39, 0.29) is 4.90 Å². The molecule has 0 spiro atoms. The Hall–Kier alpha value is -2.26. The summed E-state index contributed by atoms with van der Waals surface area (Å²) < 4.78 is 30.6.